The van der Waals surface area contributed by atoms with E-state index in [1.807, 2.05) is 0 Å². The van der Waals surface area contributed by atoms with Crippen LogP contribution in [-0.2, 0) is 10.3 Å². The van der Waals surface area contributed by atoms with Gasteiger partial charge in [-0.15, -0.1) is 10.2 Å². The Morgan fingerprint density at radius 2 is 1.77 bits per heavy atom. The van der Waals surface area contributed by atoms with E-state index < -0.39 is 17.9 Å². The lowest BCUT2D eigenvalue weighted by Gasteiger charge is -2.33. The van der Waals surface area contributed by atoms with Gasteiger partial charge in [0.05, 0.1) is 11.1 Å². The zero-order valence-electron chi connectivity index (χ0n) is 16.8. The van der Waals surface area contributed by atoms with Crippen molar-refractivity contribution in [2.75, 3.05) is 25.5 Å². The van der Waals surface area contributed by atoms with Crippen molar-refractivity contribution in [3.63, 3.8) is 0 Å². The zero-order chi connectivity index (χ0) is 22.2. The highest BCUT2D eigenvalue weighted by Gasteiger charge is 2.51. The highest BCUT2D eigenvalue weighted by Crippen LogP contribution is 2.52. The maximum Gasteiger partial charge on any atom is 0.314 e. The number of likely N-dealkylation sites (N-methyl/N-ethyl adjacent to an activating group) is 1. The van der Waals surface area contributed by atoms with Crippen molar-refractivity contribution in [2.45, 2.75) is 24.8 Å². The van der Waals surface area contributed by atoms with Gasteiger partial charge in [-0.05, 0) is 30.5 Å². The molecule has 0 N–H and O–H groups in total. The number of aromatic nitrogens is 4. The molecule has 1 saturated carbocycles. The van der Waals surface area contributed by atoms with Gasteiger partial charge in [-0.25, -0.2) is 14.4 Å². The van der Waals surface area contributed by atoms with Crippen molar-refractivity contribution in [3.8, 4) is 11.5 Å². The Morgan fingerprint density at radius 1 is 1.13 bits per heavy atom. The van der Waals surface area contributed by atoms with Gasteiger partial charge in [-0.2, -0.15) is 8.78 Å². The fraction of sp³-hybridized carbons (Fsp3) is 0.350. The van der Waals surface area contributed by atoms with Crippen LogP contribution in [0.3, 0.4) is 0 Å². The fourth-order valence-corrected chi connectivity index (χ4v) is 3.29. The summed E-state index contributed by atoms with van der Waals surface area (Å²) in [5.41, 5.74) is 0.592. The van der Waals surface area contributed by atoms with E-state index in [1.54, 1.807) is 31.1 Å². The van der Waals surface area contributed by atoms with Crippen molar-refractivity contribution in [1.29, 1.82) is 0 Å². The Bertz CT molecular complexity index is 1070. The monoisotopic (exact) mass is 432 g/mol. The van der Waals surface area contributed by atoms with Crippen molar-refractivity contribution in [3.05, 3.63) is 53.9 Å². The van der Waals surface area contributed by atoms with Gasteiger partial charge in [-0.1, -0.05) is 12.1 Å². The second kappa shape index (κ2) is 7.97. The molecule has 2 heterocycles. The van der Waals surface area contributed by atoms with Gasteiger partial charge < -0.3 is 14.2 Å². The van der Waals surface area contributed by atoms with Crippen molar-refractivity contribution in [1.82, 2.24) is 25.1 Å². The number of nitrogens with zero attached hydrogens (tertiary/aromatic N) is 6. The number of carbonyl (C=O) groups is 1. The molecule has 4 rings (SSSR count). The van der Waals surface area contributed by atoms with E-state index in [2.05, 4.69) is 20.2 Å². The van der Waals surface area contributed by atoms with E-state index in [-0.39, 0.29) is 35.7 Å². The molecule has 1 aromatic carbocycles. The van der Waals surface area contributed by atoms with E-state index in [4.69, 9.17) is 4.42 Å². The normalized spacial score (nSPS) is 14.5. The molecule has 0 saturated heterocycles. The molecule has 1 fully saturated rings. The van der Waals surface area contributed by atoms with Gasteiger partial charge in [0.25, 0.3) is 11.8 Å². The molecule has 2 aromatic heterocycles. The number of benzene rings is 1. The maximum atomic E-state index is 13.4. The van der Waals surface area contributed by atoms with Crippen LogP contribution in [0, 0.1) is 5.82 Å². The standard InChI is InChI=1S/C20H19F3N6O2/c1-28(2)15(30)11-29(20(7-8-20)13-3-5-14(21)6-4-13)19-24-9-12(10-25-19)17-26-27-18(31-17)16(22)23/h3-6,9-10,16H,7-8,11H2,1-2H3. The second-order valence-corrected chi connectivity index (χ2v) is 7.43. The SMILES string of the molecule is CN(C)C(=O)CN(c1ncc(-c2nnc(C(F)F)o2)cn1)C1(c2ccc(F)cc2)CC1. The summed E-state index contributed by atoms with van der Waals surface area (Å²) in [5, 5.41) is 6.88. The van der Waals surface area contributed by atoms with Gasteiger partial charge in [0, 0.05) is 26.5 Å². The van der Waals surface area contributed by atoms with Crippen LogP contribution in [0.25, 0.3) is 11.5 Å². The van der Waals surface area contributed by atoms with Gasteiger partial charge >= 0.3 is 6.43 Å². The first-order valence-corrected chi connectivity index (χ1v) is 9.48. The smallest absolute Gasteiger partial charge is 0.314 e. The lowest BCUT2D eigenvalue weighted by molar-refractivity contribution is -0.127. The number of amides is 1. The average Bonchev–Trinajstić information content (AvgIpc) is 3.39. The molecule has 1 aliphatic rings. The minimum absolute atomic E-state index is 0.0137. The average molecular weight is 432 g/mol. The molecule has 1 amide bonds. The number of halogens is 3. The van der Waals surface area contributed by atoms with E-state index >= 15 is 0 Å². The van der Waals surface area contributed by atoms with Gasteiger partial charge in [0.1, 0.15) is 12.4 Å². The van der Waals surface area contributed by atoms with E-state index in [9.17, 15) is 18.0 Å². The van der Waals surface area contributed by atoms with Crippen LogP contribution in [0.2, 0.25) is 0 Å². The van der Waals surface area contributed by atoms with Crippen LogP contribution < -0.4 is 4.90 Å². The van der Waals surface area contributed by atoms with Crippen LogP contribution >= 0.6 is 0 Å². The summed E-state index contributed by atoms with van der Waals surface area (Å²) in [4.78, 5) is 24.4. The third-order valence-corrected chi connectivity index (χ3v) is 5.17. The van der Waals surface area contributed by atoms with Gasteiger partial charge in [-0.3, -0.25) is 4.79 Å². The Kier molecular flexibility index (Phi) is 5.34. The van der Waals surface area contributed by atoms with Gasteiger partial charge in [0.15, 0.2) is 0 Å². The van der Waals surface area contributed by atoms with Crippen LogP contribution in [-0.4, -0.2) is 51.6 Å². The third kappa shape index (κ3) is 4.07. The lowest BCUT2D eigenvalue weighted by Crippen LogP contribution is -2.44. The first kappa shape index (κ1) is 20.8. The van der Waals surface area contributed by atoms with Crippen molar-refractivity contribution in [2.24, 2.45) is 0 Å². The highest BCUT2D eigenvalue weighted by molar-refractivity contribution is 5.81. The van der Waals surface area contributed by atoms with E-state index in [1.165, 1.54) is 29.4 Å². The topological polar surface area (TPSA) is 88.3 Å². The van der Waals surface area contributed by atoms with Crippen molar-refractivity contribution >= 4 is 11.9 Å². The number of carbonyl (C=O) groups excluding carboxylic acids is 1. The van der Waals surface area contributed by atoms with Gasteiger partial charge in [0.2, 0.25) is 11.9 Å². The van der Waals surface area contributed by atoms with Crippen molar-refractivity contribution < 1.29 is 22.4 Å². The molecule has 0 atom stereocenters. The lowest BCUT2D eigenvalue weighted by atomic mass is 10.0. The summed E-state index contributed by atoms with van der Waals surface area (Å²) < 4.78 is 43.7. The van der Waals surface area contributed by atoms with Crippen LogP contribution in [0.5, 0.6) is 0 Å². The molecule has 1 aliphatic carbocycles. The fourth-order valence-electron chi connectivity index (χ4n) is 3.29. The molecule has 0 spiro atoms. The molecule has 0 bridgehead atoms. The van der Waals surface area contributed by atoms with E-state index in [0.29, 0.717) is 0 Å². The number of hydrogen-bond acceptors (Lipinski definition) is 7. The number of alkyl halides is 2. The van der Waals surface area contributed by atoms with Crippen LogP contribution in [0.4, 0.5) is 19.1 Å². The zero-order valence-corrected chi connectivity index (χ0v) is 16.8. The Balaban J connectivity index is 1.67. The molecule has 162 valence electrons. The molecule has 0 aliphatic heterocycles. The molecular weight excluding hydrogens is 413 g/mol. The minimum Gasteiger partial charge on any atom is -0.415 e. The Labute approximate surface area is 175 Å². The summed E-state index contributed by atoms with van der Waals surface area (Å²) in [5.74, 6) is -1.14. The summed E-state index contributed by atoms with van der Waals surface area (Å²) in [7, 11) is 3.30. The molecule has 11 heteroatoms. The number of anilines is 1. The molecule has 8 nitrogen and oxygen atoms in total. The Hall–Kier alpha value is -3.50. The summed E-state index contributed by atoms with van der Waals surface area (Å²) in [6.45, 7) is 0.0137. The summed E-state index contributed by atoms with van der Waals surface area (Å²) in [6, 6.07) is 6.13. The minimum atomic E-state index is -2.88. The predicted octanol–water partition coefficient (Wildman–Crippen LogP) is 3.19. The highest BCUT2D eigenvalue weighted by atomic mass is 19.3. The number of hydrogen-bond donors (Lipinski definition) is 0. The largest absolute Gasteiger partial charge is 0.415 e. The second-order valence-electron chi connectivity index (χ2n) is 7.43. The predicted molar refractivity (Wildman–Crippen MR) is 104 cm³/mol. The summed E-state index contributed by atoms with van der Waals surface area (Å²) >= 11 is 0. The number of rotatable bonds is 7. The Morgan fingerprint density at radius 3 is 2.29 bits per heavy atom. The molecular formula is C20H19F3N6O2. The van der Waals surface area contributed by atoms with E-state index in [0.717, 1.165) is 18.4 Å². The molecule has 31 heavy (non-hydrogen) atoms. The first-order valence-electron chi connectivity index (χ1n) is 9.48. The quantitative estimate of drug-likeness (QED) is 0.567. The summed E-state index contributed by atoms with van der Waals surface area (Å²) in [6.07, 6.45) is 1.36. The first-order chi connectivity index (χ1) is 14.8. The van der Waals surface area contributed by atoms with Crippen LogP contribution in [0.15, 0.2) is 41.1 Å². The third-order valence-electron chi connectivity index (χ3n) is 5.17. The van der Waals surface area contributed by atoms with Crippen LogP contribution in [0.1, 0.15) is 30.7 Å². The maximum absolute atomic E-state index is 13.4. The molecule has 0 unspecified atom stereocenters. The molecule has 3 aromatic rings. The molecule has 0 radical (unpaired) electrons.